The van der Waals surface area contributed by atoms with Gasteiger partial charge in [0.05, 0.1) is 18.3 Å². The molecular weight excluding hydrogens is 528 g/mol. The Bertz CT molecular complexity index is 1780. The van der Waals surface area contributed by atoms with E-state index in [1.807, 2.05) is 0 Å². The van der Waals surface area contributed by atoms with Crippen molar-refractivity contribution in [3.05, 3.63) is 118 Å². The molecule has 4 atom stereocenters. The molecule has 0 spiro atoms. The lowest BCUT2D eigenvalue weighted by atomic mass is 9.78. The summed E-state index contributed by atoms with van der Waals surface area (Å²) in [6.07, 6.45) is 11.2. The molecule has 3 aromatic heterocycles. The van der Waals surface area contributed by atoms with E-state index in [9.17, 15) is 0 Å². The van der Waals surface area contributed by atoms with Crippen LogP contribution < -0.4 is 0 Å². The molecule has 5 aromatic rings. The van der Waals surface area contributed by atoms with Gasteiger partial charge in [0.15, 0.2) is 0 Å². The standard InChI is InChI=1S/C38H40N4O/c1-3-23-20-41-15-13-28-26-9-5-7-11-32(26)39-37(28)34(41)18-30(23)25-17-36(43-22-25)31-19-35-38-29(14-16-42(35)21-24(31)4-2)27-10-6-8-12-33(27)40-38/h3-12,17,22,30-31,34-35,39-40H,13-16,18-21H2,1-2H3. The van der Waals surface area contributed by atoms with Crippen LogP contribution in [0.1, 0.15) is 84.4 Å². The molecule has 2 aromatic carbocycles. The van der Waals surface area contributed by atoms with E-state index in [-0.39, 0.29) is 0 Å². The summed E-state index contributed by atoms with van der Waals surface area (Å²) < 4.78 is 6.54. The van der Waals surface area contributed by atoms with E-state index in [0.717, 1.165) is 57.6 Å². The van der Waals surface area contributed by atoms with Crippen LogP contribution in [-0.2, 0) is 12.8 Å². The maximum absolute atomic E-state index is 6.54. The van der Waals surface area contributed by atoms with Crippen LogP contribution in [-0.4, -0.2) is 45.9 Å². The molecule has 5 heteroatoms. The van der Waals surface area contributed by atoms with E-state index in [0.29, 0.717) is 23.9 Å². The minimum Gasteiger partial charge on any atom is -0.468 e. The Balaban J connectivity index is 1.04. The molecule has 0 bridgehead atoms. The van der Waals surface area contributed by atoms with E-state index in [4.69, 9.17) is 4.42 Å². The van der Waals surface area contributed by atoms with Crippen molar-refractivity contribution in [3.63, 3.8) is 0 Å². The molecule has 4 unspecified atom stereocenters. The van der Waals surface area contributed by atoms with Gasteiger partial charge in [-0.1, -0.05) is 54.1 Å². The monoisotopic (exact) mass is 568 g/mol. The van der Waals surface area contributed by atoms with Crippen molar-refractivity contribution in [2.24, 2.45) is 0 Å². The van der Waals surface area contributed by atoms with Gasteiger partial charge in [-0.15, -0.1) is 0 Å². The van der Waals surface area contributed by atoms with E-state index < -0.39 is 0 Å². The molecule has 2 N–H and O–H groups in total. The van der Waals surface area contributed by atoms with Gasteiger partial charge in [0.25, 0.3) is 0 Å². The van der Waals surface area contributed by atoms with Crippen LogP contribution in [0.5, 0.6) is 0 Å². The predicted octanol–water partition coefficient (Wildman–Crippen LogP) is 8.31. The third kappa shape index (κ3) is 3.91. The van der Waals surface area contributed by atoms with Gasteiger partial charge in [-0.25, -0.2) is 0 Å². The number of allylic oxidation sites excluding steroid dienone is 2. The Labute approximate surface area is 253 Å². The van der Waals surface area contributed by atoms with Crippen molar-refractivity contribution >= 4 is 21.8 Å². The fraction of sp³-hybridized carbons (Fsp3) is 0.368. The third-order valence-electron chi connectivity index (χ3n) is 11.3. The molecule has 0 aliphatic carbocycles. The van der Waals surface area contributed by atoms with Crippen molar-refractivity contribution in [2.45, 2.75) is 63.5 Å². The van der Waals surface area contributed by atoms with Gasteiger partial charge < -0.3 is 14.4 Å². The Hall–Kier alpha value is -3.80. The molecule has 7 heterocycles. The summed E-state index contributed by atoms with van der Waals surface area (Å²) in [7, 11) is 0. The summed E-state index contributed by atoms with van der Waals surface area (Å²) in [6, 6.07) is 20.9. The SMILES string of the molecule is CC=C1CN2CCc3c([nH]c4ccccc34)C2CC1c1coc(C2CC3c4[nH]c5ccccc5c4CCN3CC2=CC)c1. The third-order valence-corrected chi connectivity index (χ3v) is 11.3. The molecule has 0 amide bonds. The second kappa shape index (κ2) is 9.87. The van der Waals surface area contributed by atoms with Crippen molar-refractivity contribution in [2.75, 3.05) is 26.2 Å². The normalized spacial score (nSPS) is 27.9. The molecule has 9 rings (SSSR count). The molecule has 0 saturated carbocycles. The number of rotatable bonds is 2. The molecule has 218 valence electrons. The van der Waals surface area contributed by atoms with Gasteiger partial charge in [-0.3, -0.25) is 9.80 Å². The van der Waals surface area contributed by atoms with Crippen LogP contribution >= 0.6 is 0 Å². The number of furan rings is 1. The number of H-pyrrole nitrogens is 2. The maximum atomic E-state index is 6.54. The summed E-state index contributed by atoms with van der Waals surface area (Å²) in [4.78, 5) is 13.0. The van der Waals surface area contributed by atoms with Crippen LogP contribution in [0.3, 0.4) is 0 Å². The van der Waals surface area contributed by atoms with Crippen LogP contribution in [0.4, 0.5) is 0 Å². The lowest BCUT2D eigenvalue weighted by Crippen LogP contribution is -2.42. The Morgan fingerprint density at radius 1 is 0.721 bits per heavy atom. The smallest absolute Gasteiger partial charge is 0.111 e. The highest BCUT2D eigenvalue weighted by Crippen LogP contribution is 2.49. The Morgan fingerprint density at radius 2 is 1.26 bits per heavy atom. The fourth-order valence-corrected chi connectivity index (χ4v) is 9.06. The number of nitrogens with one attached hydrogen (secondary N) is 2. The quantitative estimate of drug-likeness (QED) is 0.211. The highest BCUT2D eigenvalue weighted by molar-refractivity contribution is 5.86. The average molecular weight is 569 g/mol. The first-order chi connectivity index (χ1) is 21.2. The number of hydrogen-bond donors (Lipinski definition) is 2. The number of piperidine rings is 2. The summed E-state index contributed by atoms with van der Waals surface area (Å²) in [5.41, 5.74) is 12.8. The van der Waals surface area contributed by atoms with Crippen LogP contribution in [0.25, 0.3) is 21.8 Å². The second-order valence-electron chi connectivity index (χ2n) is 13.2. The summed E-state index contributed by atoms with van der Waals surface area (Å²) >= 11 is 0. The number of para-hydroxylation sites is 2. The van der Waals surface area contributed by atoms with Gasteiger partial charge >= 0.3 is 0 Å². The maximum Gasteiger partial charge on any atom is 0.111 e. The number of hydrogen-bond acceptors (Lipinski definition) is 3. The topological polar surface area (TPSA) is 51.2 Å². The molecule has 4 aliphatic rings. The lowest BCUT2D eigenvalue weighted by molar-refractivity contribution is 0.150. The second-order valence-corrected chi connectivity index (χ2v) is 13.2. The van der Waals surface area contributed by atoms with Crippen LogP contribution in [0, 0.1) is 0 Å². The predicted molar refractivity (Wildman–Crippen MR) is 174 cm³/mol. The van der Waals surface area contributed by atoms with E-state index in [2.05, 4.69) is 107 Å². The first-order valence-electron chi connectivity index (χ1n) is 16.3. The molecule has 4 aliphatic heterocycles. The summed E-state index contributed by atoms with van der Waals surface area (Å²) in [5.74, 6) is 1.82. The molecule has 43 heavy (non-hydrogen) atoms. The van der Waals surface area contributed by atoms with Crippen molar-refractivity contribution in [1.82, 2.24) is 19.8 Å². The number of fused-ring (bicyclic) bond motifs is 10. The zero-order valence-electron chi connectivity index (χ0n) is 25.2. The van der Waals surface area contributed by atoms with Crippen molar-refractivity contribution in [1.29, 1.82) is 0 Å². The molecule has 2 fully saturated rings. The largest absolute Gasteiger partial charge is 0.468 e. The zero-order chi connectivity index (χ0) is 28.7. The van der Waals surface area contributed by atoms with Crippen LogP contribution in [0.2, 0.25) is 0 Å². The van der Waals surface area contributed by atoms with Gasteiger partial charge in [0, 0.05) is 71.2 Å². The van der Waals surface area contributed by atoms with E-state index in [1.54, 1.807) is 0 Å². The number of aromatic amines is 2. The van der Waals surface area contributed by atoms with Crippen molar-refractivity contribution in [3.8, 4) is 0 Å². The molecule has 2 saturated heterocycles. The Morgan fingerprint density at radius 3 is 1.84 bits per heavy atom. The molecule has 0 radical (unpaired) electrons. The van der Waals surface area contributed by atoms with Crippen LogP contribution in [0.15, 0.2) is 88.6 Å². The Kier molecular flexibility index (Phi) is 5.89. The number of aromatic nitrogens is 2. The molecular formula is C38H40N4O. The van der Waals surface area contributed by atoms with Crippen molar-refractivity contribution < 1.29 is 4.42 Å². The highest BCUT2D eigenvalue weighted by atomic mass is 16.3. The zero-order valence-corrected chi connectivity index (χ0v) is 25.2. The van der Waals surface area contributed by atoms with Gasteiger partial charge in [-0.2, -0.15) is 0 Å². The van der Waals surface area contributed by atoms with Gasteiger partial charge in [0.2, 0.25) is 0 Å². The number of nitrogens with zero attached hydrogens (tertiary/aromatic N) is 2. The minimum absolute atomic E-state index is 0.307. The lowest BCUT2D eigenvalue weighted by Gasteiger charge is -2.43. The van der Waals surface area contributed by atoms with E-state index >= 15 is 0 Å². The molecule has 5 nitrogen and oxygen atoms in total. The summed E-state index contributed by atoms with van der Waals surface area (Å²) in [5, 5.41) is 2.80. The number of benzene rings is 2. The van der Waals surface area contributed by atoms with Gasteiger partial charge in [-0.05, 0) is 80.0 Å². The highest BCUT2D eigenvalue weighted by Gasteiger charge is 2.41. The summed E-state index contributed by atoms with van der Waals surface area (Å²) in [6.45, 7) is 8.72. The minimum atomic E-state index is 0.307. The first kappa shape index (κ1) is 25.7. The van der Waals surface area contributed by atoms with Gasteiger partial charge in [0.1, 0.15) is 5.76 Å². The first-order valence-corrected chi connectivity index (χ1v) is 16.3. The average Bonchev–Trinajstić information content (AvgIpc) is 3.79. The fourth-order valence-electron chi connectivity index (χ4n) is 9.06. The van der Waals surface area contributed by atoms with E-state index in [1.165, 1.54) is 61.0 Å².